The van der Waals surface area contributed by atoms with E-state index in [9.17, 15) is 9.50 Å². The number of alkyl halides is 1. The summed E-state index contributed by atoms with van der Waals surface area (Å²) in [6, 6.07) is 6.38. The van der Waals surface area contributed by atoms with Crippen LogP contribution in [0.25, 0.3) is 0 Å². The monoisotopic (exact) mass is 330 g/mol. The molecular weight excluding hydrogens is 303 g/mol. The molecule has 1 aromatic carbocycles. The number of hydrogen-bond donors (Lipinski definition) is 1. The fourth-order valence-corrected chi connectivity index (χ4v) is 6.16. The van der Waals surface area contributed by atoms with E-state index >= 15 is 0 Å². The number of methoxy groups -OCH3 is 1. The van der Waals surface area contributed by atoms with E-state index in [-0.39, 0.29) is 16.7 Å². The highest BCUT2D eigenvalue weighted by Gasteiger charge is 2.63. The molecule has 3 heteroatoms. The Bertz CT molecular complexity index is 672. The average Bonchev–Trinajstić information content (AvgIpc) is 2.85. The van der Waals surface area contributed by atoms with Crippen molar-refractivity contribution in [2.75, 3.05) is 7.11 Å². The Kier molecular flexibility index (Phi) is 3.58. The molecule has 0 amide bonds. The quantitative estimate of drug-likeness (QED) is 0.814. The van der Waals surface area contributed by atoms with Crippen LogP contribution in [0.4, 0.5) is 4.39 Å². The maximum Gasteiger partial charge on any atom is 0.127 e. The molecule has 0 heterocycles. The van der Waals surface area contributed by atoms with E-state index in [2.05, 4.69) is 31.7 Å². The number of halogens is 1. The summed E-state index contributed by atoms with van der Waals surface area (Å²) in [6.07, 6.45) is 4.44. The first-order valence-electron chi connectivity index (χ1n) is 9.09. The Morgan fingerprint density at radius 1 is 1.38 bits per heavy atom. The van der Waals surface area contributed by atoms with Gasteiger partial charge in [0.1, 0.15) is 11.9 Å². The molecule has 2 nitrogen and oxygen atoms in total. The zero-order valence-corrected chi connectivity index (χ0v) is 14.6. The summed E-state index contributed by atoms with van der Waals surface area (Å²) in [5, 5.41) is 10.5. The maximum atomic E-state index is 14.4. The smallest absolute Gasteiger partial charge is 0.127 e. The van der Waals surface area contributed by atoms with Crippen LogP contribution in [0.15, 0.2) is 30.9 Å². The second-order valence-electron chi connectivity index (χ2n) is 8.23. The second-order valence-corrected chi connectivity index (χ2v) is 8.23. The Labute approximate surface area is 143 Å². The molecule has 24 heavy (non-hydrogen) atoms. The number of aliphatic hydroxyl groups is 1. The molecule has 2 fully saturated rings. The molecule has 0 saturated heterocycles. The molecule has 1 N–H and O–H groups in total. The summed E-state index contributed by atoms with van der Waals surface area (Å²) in [5.74, 6) is 1.45. The summed E-state index contributed by atoms with van der Waals surface area (Å²) < 4.78 is 19.8. The molecule has 130 valence electrons. The lowest BCUT2D eigenvalue weighted by atomic mass is 9.47. The predicted molar refractivity (Wildman–Crippen MR) is 93.0 cm³/mol. The first-order valence-corrected chi connectivity index (χ1v) is 9.09. The van der Waals surface area contributed by atoms with Gasteiger partial charge in [0, 0.05) is 5.41 Å². The molecular formula is C21H27FO2. The van der Waals surface area contributed by atoms with Crippen LogP contribution in [0.3, 0.4) is 0 Å². The normalized spacial score (nSPS) is 43.5. The molecule has 0 radical (unpaired) electrons. The van der Waals surface area contributed by atoms with E-state index in [1.165, 1.54) is 11.1 Å². The lowest BCUT2D eigenvalue weighted by Gasteiger charge is -2.57. The van der Waals surface area contributed by atoms with Crippen LogP contribution in [-0.4, -0.2) is 24.5 Å². The van der Waals surface area contributed by atoms with Crippen LogP contribution in [0, 0.1) is 16.7 Å². The summed E-state index contributed by atoms with van der Waals surface area (Å²) >= 11 is 0. The van der Waals surface area contributed by atoms with E-state index in [0.29, 0.717) is 12.3 Å². The molecule has 3 aliphatic rings. The van der Waals surface area contributed by atoms with Crippen molar-refractivity contribution in [2.24, 2.45) is 16.7 Å². The van der Waals surface area contributed by atoms with Crippen molar-refractivity contribution in [3.63, 3.8) is 0 Å². The molecule has 3 aliphatic carbocycles. The van der Waals surface area contributed by atoms with Gasteiger partial charge < -0.3 is 9.84 Å². The van der Waals surface area contributed by atoms with Crippen LogP contribution in [0.1, 0.15) is 49.7 Å². The molecule has 2 saturated carbocycles. The largest absolute Gasteiger partial charge is 0.497 e. The number of hydrogen-bond acceptors (Lipinski definition) is 2. The standard InChI is InChI=1S/C21H27FO2/c1-4-21-10-7-13-11-14(24-3)5-6-15(13)16(21)8-9-20(2)18(21)12-17(22)19(20)23/h4-6,11,16-19,23H,1,7-10,12H2,2-3H3/t16-,17-,18-,19+,20+,21?/m1/s1. The number of allylic oxidation sites excluding steroid dienone is 1. The van der Waals surface area contributed by atoms with E-state index in [4.69, 9.17) is 4.74 Å². The molecule has 0 bridgehead atoms. The van der Waals surface area contributed by atoms with Gasteiger partial charge >= 0.3 is 0 Å². The lowest BCUT2D eigenvalue weighted by Crippen LogP contribution is -2.50. The Hall–Kier alpha value is -1.35. The van der Waals surface area contributed by atoms with Gasteiger partial charge in [0.05, 0.1) is 13.2 Å². The third-order valence-corrected chi connectivity index (χ3v) is 7.48. The van der Waals surface area contributed by atoms with E-state index in [1.54, 1.807) is 7.11 Å². The van der Waals surface area contributed by atoms with Gasteiger partial charge in [0.15, 0.2) is 0 Å². The van der Waals surface area contributed by atoms with Crippen molar-refractivity contribution in [3.05, 3.63) is 42.0 Å². The van der Waals surface area contributed by atoms with E-state index in [0.717, 1.165) is 31.4 Å². The number of fused-ring (bicyclic) bond motifs is 5. The minimum Gasteiger partial charge on any atom is -0.497 e. The van der Waals surface area contributed by atoms with Crippen LogP contribution < -0.4 is 4.74 Å². The highest BCUT2D eigenvalue weighted by molar-refractivity contribution is 5.43. The Morgan fingerprint density at radius 3 is 2.88 bits per heavy atom. The lowest BCUT2D eigenvalue weighted by molar-refractivity contribution is -0.0606. The van der Waals surface area contributed by atoms with Crippen LogP contribution in [0.2, 0.25) is 0 Å². The highest BCUT2D eigenvalue weighted by atomic mass is 19.1. The number of rotatable bonds is 2. The minimum atomic E-state index is -1.10. The number of aryl methyl sites for hydroxylation is 1. The summed E-state index contributed by atoms with van der Waals surface area (Å²) in [5.41, 5.74) is 2.31. The summed E-state index contributed by atoms with van der Waals surface area (Å²) in [7, 11) is 1.70. The topological polar surface area (TPSA) is 29.5 Å². The molecule has 1 unspecified atom stereocenters. The molecule has 6 atom stereocenters. The van der Waals surface area contributed by atoms with E-state index < -0.39 is 12.3 Å². The molecule has 0 aromatic heterocycles. The second kappa shape index (κ2) is 5.32. The zero-order valence-electron chi connectivity index (χ0n) is 14.6. The van der Waals surface area contributed by atoms with Crippen LogP contribution in [-0.2, 0) is 6.42 Å². The summed E-state index contributed by atoms with van der Waals surface area (Å²) in [6.45, 7) is 6.27. The molecule has 0 aliphatic heterocycles. The van der Waals surface area contributed by atoms with Gasteiger partial charge in [-0.05, 0) is 72.6 Å². The van der Waals surface area contributed by atoms with Gasteiger partial charge in [-0.2, -0.15) is 0 Å². The highest BCUT2D eigenvalue weighted by Crippen LogP contribution is 2.67. The fourth-order valence-electron chi connectivity index (χ4n) is 6.16. The van der Waals surface area contributed by atoms with E-state index in [1.807, 2.05) is 6.07 Å². The molecule has 1 aromatic rings. The van der Waals surface area contributed by atoms with Crippen molar-refractivity contribution in [1.82, 2.24) is 0 Å². The molecule has 0 spiro atoms. The van der Waals surface area contributed by atoms with Crippen molar-refractivity contribution < 1.29 is 14.2 Å². The number of aliphatic hydroxyl groups excluding tert-OH is 1. The predicted octanol–water partition coefficient (Wildman–Crippen LogP) is 4.42. The first-order chi connectivity index (χ1) is 11.5. The van der Waals surface area contributed by atoms with Gasteiger partial charge in [0.2, 0.25) is 0 Å². The van der Waals surface area contributed by atoms with Gasteiger partial charge in [0.25, 0.3) is 0 Å². The third kappa shape index (κ3) is 1.91. The van der Waals surface area contributed by atoms with Gasteiger partial charge in [-0.1, -0.05) is 19.1 Å². The minimum absolute atomic E-state index is 0.101. The van der Waals surface area contributed by atoms with Gasteiger partial charge in [-0.3, -0.25) is 0 Å². The Morgan fingerprint density at radius 2 is 2.17 bits per heavy atom. The van der Waals surface area contributed by atoms with Crippen molar-refractivity contribution in [1.29, 1.82) is 0 Å². The number of ether oxygens (including phenoxy) is 1. The fraction of sp³-hybridized carbons (Fsp3) is 0.619. The zero-order chi connectivity index (χ0) is 17.1. The number of benzene rings is 1. The van der Waals surface area contributed by atoms with Crippen molar-refractivity contribution in [2.45, 2.75) is 57.2 Å². The van der Waals surface area contributed by atoms with Crippen molar-refractivity contribution in [3.8, 4) is 5.75 Å². The summed E-state index contributed by atoms with van der Waals surface area (Å²) in [4.78, 5) is 0. The third-order valence-electron chi connectivity index (χ3n) is 7.48. The first kappa shape index (κ1) is 16.1. The van der Waals surface area contributed by atoms with Crippen molar-refractivity contribution >= 4 is 0 Å². The van der Waals surface area contributed by atoms with Crippen LogP contribution in [0.5, 0.6) is 5.75 Å². The van der Waals surface area contributed by atoms with Gasteiger partial charge in [-0.25, -0.2) is 4.39 Å². The van der Waals surface area contributed by atoms with Crippen LogP contribution >= 0.6 is 0 Å². The maximum absolute atomic E-state index is 14.4. The Balaban J connectivity index is 1.80. The SMILES string of the molecule is C=CC12CCc3cc(OC)ccc3[C@H]1CC[C@]1(C)[C@@H](O)[C@H](F)C[C@@H]21. The average molecular weight is 330 g/mol. The molecule has 4 rings (SSSR count). The van der Waals surface area contributed by atoms with Gasteiger partial charge in [-0.15, -0.1) is 6.58 Å².